The Hall–Kier alpha value is -4.40. The molecule has 2 heterocycles. The van der Waals surface area contributed by atoms with Gasteiger partial charge in [0.1, 0.15) is 11.6 Å². The Morgan fingerprint density at radius 2 is 1.73 bits per heavy atom. The van der Waals surface area contributed by atoms with Crippen molar-refractivity contribution >= 4 is 17.4 Å². The molecule has 3 aromatic carbocycles. The molecule has 1 aliphatic heterocycles. The third-order valence-electron chi connectivity index (χ3n) is 6.92. The highest BCUT2D eigenvalue weighted by Gasteiger charge is 2.36. The second-order valence-corrected chi connectivity index (χ2v) is 9.42. The van der Waals surface area contributed by atoms with Crippen LogP contribution in [0.15, 0.2) is 70.0 Å². The number of para-hydroxylation sites is 1. The van der Waals surface area contributed by atoms with Crippen LogP contribution in [0, 0.1) is 11.7 Å². The van der Waals surface area contributed by atoms with Crippen LogP contribution in [0.5, 0.6) is 5.75 Å². The lowest BCUT2D eigenvalue weighted by molar-refractivity contribution is 0.261. The van der Waals surface area contributed by atoms with Crippen molar-refractivity contribution in [2.75, 3.05) is 17.2 Å². The molecule has 4 aromatic rings. The van der Waals surface area contributed by atoms with E-state index in [2.05, 4.69) is 26.8 Å². The number of hydrogen-bond donors (Lipinski definition) is 3. The minimum absolute atomic E-state index is 0.0827. The summed E-state index contributed by atoms with van der Waals surface area (Å²) in [5.41, 5.74) is 3.95. The van der Waals surface area contributed by atoms with Crippen molar-refractivity contribution in [1.29, 1.82) is 0 Å². The van der Waals surface area contributed by atoms with Crippen molar-refractivity contribution in [3.8, 4) is 28.3 Å². The number of amides is 2. The normalized spacial score (nSPS) is 16.8. The van der Waals surface area contributed by atoms with Crippen LogP contribution >= 0.6 is 0 Å². The van der Waals surface area contributed by atoms with E-state index in [-0.39, 0.29) is 5.69 Å². The minimum atomic E-state index is -0.638. The Bertz CT molecular complexity index is 1520. The number of rotatable bonds is 5. The molecule has 1 fully saturated rings. The van der Waals surface area contributed by atoms with Gasteiger partial charge in [-0.05, 0) is 72.9 Å². The fraction of sp³-hybridized carbons (Fsp3) is 0.250. The maximum atomic E-state index is 14.1. The predicted octanol–water partition coefficient (Wildman–Crippen LogP) is 6.15. The van der Waals surface area contributed by atoms with Crippen LogP contribution in [0.1, 0.15) is 37.2 Å². The number of fused-ring (bicyclic) bond motifs is 1. The van der Waals surface area contributed by atoms with Gasteiger partial charge in [-0.15, -0.1) is 0 Å². The van der Waals surface area contributed by atoms with E-state index in [0.717, 1.165) is 29.5 Å². The molecule has 188 valence electrons. The molecule has 6 rings (SSSR count). The van der Waals surface area contributed by atoms with Gasteiger partial charge in [0.2, 0.25) is 0 Å². The number of ether oxygens (including phenoxy) is 1. The molecule has 0 bridgehead atoms. The molecular formula is C28H25FN4O4. The second kappa shape index (κ2) is 9.57. The smallest absolute Gasteiger partial charge is 0.439 e. The monoisotopic (exact) mass is 500 g/mol. The van der Waals surface area contributed by atoms with E-state index in [0.29, 0.717) is 41.3 Å². The largest absolute Gasteiger partial charge is 0.491 e. The number of aromatic nitrogens is 2. The van der Waals surface area contributed by atoms with Gasteiger partial charge < -0.3 is 15.4 Å². The number of H-pyrrole nitrogens is 1. The molecule has 2 aliphatic rings. The zero-order valence-electron chi connectivity index (χ0n) is 19.9. The Morgan fingerprint density at radius 3 is 2.49 bits per heavy atom. The first-order valence-electron chi connectivity index (χ1n) is 12.4. The first-order valence-corrected chi connectivity index (χ1v) is 12.4. The third-order valence-corrected chi connectivity index (χ3v) is 6.92. The second-order valence-electron chi connectivity index (χ2n) is 9.42. The van der Waals surface area contributed by atoms with Crippen molar-refractivity contribution in [2.45, 2.75) is 31.6 Å². The molecule has 0 radical (unpaired) electrons. The number of benzene rings is 3. The highest BCUT2D eigenvalue weighted by atomic mass is 19.1. The van der Waals surface area contributed by atoms with E-state index in [1.165, 1.54) is 25.0 Å². The fourth-order valence-electron chi connectivity index (χ4n) is 5.08. The number of anilines is 2. The lowest BCUT2D eigenvalue weighted by atomic mass is 9.86. The van der Waals surface area contributed by atoms with E-state index >= 15 is 0 Å². The predicted molar refractivity (Wildman–Crippen MR) is 137 cm³/mol. The molecule has 37 heavy (non-hydrogen) atoms. The molecule has 1 saturated carbocycles. The Labute approximate surface area is 211 Å². The topological polar surface area (TPSA) is 109 Å². The Balaban J connectivity index is 1.45. The molecule has 1 aliphatic carbocycles. The van der Waals surface area contributed by atoms with E-state index in [1.54, 1.807) is 12.1 Å². The first-order chi connectivity index (χ1) is 18.1. The standard InChI is InChI=1S/C28H25FN4O4/c29-22-9-3-4-10-23(22)30-27(34)31-24-15-17(14-21-18(16-11-12-16)8-5-13-36-25(21)24)19-6-1-2-7-20(19)26-32-28(35)37-33-26/h1-4,6-7,9-10,14-16,18H,5,8,11-13H2,(H2,30,31,34)(H,32,33,35). The van der Waals surface area contributed by atoms with Gasteiger partial charge in [0.25, 0.3) is 0 Å². The van der Waals surface area contributed by atoms with Crippen LogP contribution in [-0.4, -0.2) is 22.8 Å². The molecule has 3 N–H and O–H groups in total. The Morgan fingerprint density at radius 1 is 0.973 bits per heavy atom. The number of nitrogens with one attached hydrogen (secondary N) is 3. The highest BCUT2D eigenvalue weighted by molar-refractivity contribution is 6.01. The summed E-state index contributed by atoms with van der Waals surface area (Å²) in [6.07, 6.45) is 4.26. The summed E-state index contributed by atoms with van der Waals surface area (Å²) in [5, 5.41) is 9.35. The molecule has 0 saturated heterocycles. The van der Waals surface area contributed by atoms with E-state index < -0.39 is 17.6 Å². The third kappa shape index (κ3) is 4.72. The summed E-state index contributed by atoms with van der Waals surface area (Å²) in [4.78, 5) is 27.2. The minimum Gasteiger partial charge on any atom is -0.491 e. The SMILES string of the molecule is O=C(Nc1ccccc1F)Nc1cc(-c2ccccc2-c2noc(=O)[nH]2)cc2c1OCCCC2C1CC1. The molecular weight excluding hydrogens is 475 g/mol. The number of aromatic amines is 1. The quantitative estimate of drug-likeness (QED) is 0.305. The van der Waals surface area contributed by atoms with Crippen LogP contribution in [0.4, 0.5) is 20.6 Å². The molecule has 1 aromatic heterocycles. The van der Waals surface area contributed by atoms with E-state index in [4.69, 9.17) is 9.26 Å². The fourth-order valence-corrected chi connectivity index (χ4v) is 5.08. The van der Waals surface area contributed by atoms with Gasteiger partial charge in [0, 0.05) is 11.1 Å². The number of carbonyl (C=O) groups excluding carboxylic acids is 1. The lowest BCUT2D eigenvalue weighted by Gasteiger charge is -2.21. The van der Waals surface area contributed by atoms with Crippen molar-refractivity contribution in [2.24, 2.45) is 5.92 Å². The number of hydrogen-bond acceptors (Lipinski definition) is 5. The van der Waals surface area contributed by atoms with Gasteiger partial charge in [-0.1, -0.05) is 41.6 Å². The Kier molecular flexibility index (Phi) is 5.96. The van der Waals surface area contributed by atoms with Gasteiger partial charge in [0.15, 0.2) is 5.82 Å². The summed E-state index contributed by atoms with van der Waals surface area (Å²) >= 11 is 0. The van der Waals surface area contributed by atoms with Gasteiger partial charge in [-0.3, -0.25) is 9.51 Å². The first kappa shape index (κ1) is 23.0. The van der Waals surface area contributed by atoms with Gasteiger partial charge in [-0.2, -0.15) is 0 Å². The summed E-state index contributed by atoms with van der Waals surface area (Å²) < 4.78 is 25.1. The zero-order chi connectivity index (χ0) is 25.4. The molecule has 2 amide bonds. The number of nitrogens with zero attached hydrogens (tertiary/aromatic N) is 1. The summed E-state index contributed by atoms with van der Waals surface area (Å²) in [5.74, 6) is 0.697. The molecule has 1 atom stereocenters. The van der Waals surface area contributed by atoms with Crippen LogP contribution in [0.25, 0.3) is 22.5 Å². The van der Waals surface area contributed by atoms with Gasteiger partial charge >= 0.3 is 11.8 Å². The molecule has 0 spiro atoms. The summed E-state index contributed by atoms with van der Waals surface area (Å²) in [7, 11) is 0. The van der Waals surface area contributed by atoms with Gasteiger partial charge in [0.05, 0.1) is 18.0 Å². The van der Waals surface area contributed by atoms with E-state index in [1.807, 2.05) is 30.3 Å². The maximum absolute atomic E-state index is 14.1. The van der Waals surface area contributed by atoms with Crippen LogP contribution in [0.3, 0.4) is 0 Å². The highest BCUT2D eigenvalue weighted by Crippen LogP contribution is 2.51. The van der Waals surface area contributed by atoms with Crippen molar-refractivity contribution in [3.05, 3.63) is 82.6 Å². The average Bonchev–Trinajstić information content (AvgIpc) is 3.68. The van der Waals surface area contributed by atoms with Crippen molar-refractivity contribution < 1.29 is 18.4 Å². The summed E-state index contributed by atoms with van der Waals surface area (Å²) in [6.45, 7) is 0.552. The van der Waals surface area contributed by atoms with Crippen molar-refractivity contribution in [3.63, 3.8) is 0 Å². The lowest BCUT2D eigenvalue weighted by Crippen LogP contribution is -2.21. The zero-order valence-corrected chi connectivity index (χ0v) is 19.9. The average molecular weight is 501 g/mol. The van der Waals surface area contributed by atoms with Crippen LogP contribution in [-0.2, 0) is 0 Å². The molecule has 9 heteroatoms. The van der Waals surface area contributed by atoms with Crippen molar-refractivity contribution in [1.82, 2.24) is 10.1 Å². The number of halogens is 1. The van der Waals surface area contributed by atoms with Gasteiger partial charge in [-0.25, -0.2) is 14.0 Å². The van der Waals surface area contributed by atoms with E-state index in [9.17, 15) is 14.0 Å². The number of carbonyl (C=O) groups is 1. The summed E-state index contributed by atoms with van der Waals surface area (Å²) in [6, 6.07) is 16.9. The van der Waals surface area contributed by atoms with Crippen LogP contribution < -0.4 is 21.1 Å². The van der Waals surface area contributed by atoms with Crippen LogP contribution in [0.2, 0.25) is 0 Å². The number of urea groups is 1. The maximum Gasteiger partial charge on any atom is 0.439 e. The molecule has 8 nitrogen and oxygen atoms in total. The molecule has 1 unspecified atom stereocenters.